The van der Waals surface area contributed by atoms with E-state index in [0.717, 1.165) is 96.3 Å². The highest BCUT2D eigenvalue weighted by atomic mass is 19.2. The monoisotopic (exact) mass is 996 g/mol. The molecule has 0 bridgehead atoms. The average Bonchev–Trinajstić information content (AvgIpc) is 4.13. The van der Waals surface area contributed by atoms with Crippen molar-refractivity contribution in [3.05, 3.63) is 5.92 Å². The molecule has 9 saturated carbocycles. The molecule has 0 heterocycles. The molecule has 0 aromatic carbocycles. The van der Waals surface area contributed by atoms with Crippen molar-refractivity contribution in [1.29, 1.82) is 0 Å². The van der Waals surface area contributed by atoms with E-state index in [1.165, 1.54) is 32.1 Å². The van der Waals surface area contributed by atoms with Crippen molar-refractivity contribution in [3.8, 4) is 0 Å². The van der Waals surface area contributed by atoms with E-state index in [0.29, 0.717) is 156 Å². The third-order valence-corrected chi connectivity index (χ3v) is 20.6. The SMILES string of the molecule is CCC(F)CC(CC(F)CC(CC(F)CC(CC(F)CC(CC(F)CC(CC(F)CC(CC(F)CC(CC(F)CC(CC[C]1CC1)C1CC1)C1CC1)C1CC1)C1CC1)C1CC1)C1CC1)C1CC1)C1CC1. The largest absolute Gasteiger partial charge is 0.247 e. The van der Waals surface area contributed by atoms with Crippen LogP contribution in [-0.2, 0) is 0 Å². The van der Waals surface area contributed by atoms with E-state index in [2.05, 4.69) is 0 Å². The van der Waals surface area contributed by atoms with Gasteiger partial charge in [0.15, 0.2) is 0 Å². The van der Waals surface area contributed by atoms with Crippen LogP contribution in [0.5, 0.6) is 0 Å². The fraction of sp³-hybridized carbons (Fsp3) is 0.984. The number of hydrogen-bond donors (Lipinski definition) is 0. The first kappa shape index (κ1) is 54.2. The molecule has 0 spiro atoms. The van der Waals surface area contributed by atoms with Crippen LogP contribution in [-0.4, -0.2) is 49.4 Å². The van der Waals surface area contributed by atoms with Gasteiger partial charge in [0.25, 0.3) is 0 Å². The van der Waals surface area contributed by atoms with Crippen LogP contribution in [0, 0.1) is 101 Å². The van der Waals surface area contributed by atoms with E-state index in [9.17, 15) is 4.39 Å². The lowest BCUT2D eigenvalue weighted by molar-refractivity contribution is 0.121. The minimum absolute atomic E-state index is 0.000147. The molecule has 0 aromatic heterocycles. The normalized spacial score (nSPS) is 28.9. The van der Waals surface area contributed by atoms with Crippen molar-refractivity contribution in [3.63, 3.8) is 0 Å². The van der Waals surface area contributed by atoms with Gasteiger partial charge in [-0.15, -0.1) is 0 Å². The zero-order valence-electron chi connectivity index (χ0n) is 43.8. The molecule has 0 amide bonds. The second kappa shape index (κ2) is 25.5. The summed E-state index contributed by atoms with van der Waals surface area (Å²) < 4.78 is 126. The van der Waals surface area contributed by atoms with Crippen LogP contribution in [0.15, 0.2) is 0 Å². The first-order valence-electron chi connectivity index (χ1n) is 30.8. The van der Waals surface area contributed by atoms with Gasteiger partial charge >= 0.3 is 0 Å². The maximum absolute atomic E-state index is 16.2. The summed E-state index contributed by atoms with van der Waals surface area (Å²) >= 11 is 0. The second-order valence-corrected chi connectivity index (χ2v) is 27.3. The van der Waals surface area contributed by atoms with E-state index in [1.54, 1.807) is 5.92 Å². The van der Waals surface area contributed by atoms with Crippen LogP contribution in [0.4, 0.5) is 35.1 Å². The predicted octanol–water partition coefficient (Wildman–Crippen LogP) is 19.3. The summed E-state index contributed by atoms with van der Waals surface area (Å²) in [5, 5.41) is 0. The standard InChI is InChI=1S/C62H99F8/c1-2-55(63)24-48(40-9-10-40)25-57(65)28-50(42-13-14-42)29-59(67)32-52(44-17-18-44)33-61(69)36-54(46-21-22-46)37-62(70)35-53(45-19-20-45)34-60(68)31-51(43-15-16-43)30-58(66)27-49(41-11-12-41)26-56(64)23-47(39-7-8-39)6-5-38-3-4-38/h39-62H,2-37H2,1H3. The molecular weight excluding hydrogens is 897 g/mol. The van der Waals surface area contributed by atoms with E-state index in [-0.39, 0.29) is 41.4 Å². The summed E-state index contributed by atoms with van der Waals surface area (Å²) in [6.07, 6.45) is 19.9. The molecule has 0 nitrogen and oxygen atoms in total. The Morgan fingerprint density at radius 3 is 0.614 bits per heavy atom. The number of rotatable bonds is 42. The second-order valence-electron chi connectivity index (χ2n) is 27.3. The number of alkyl halides is 8. The van der Waals surface area contributed by atoms with Gasteiger partial charge in [0.1, 0.15) is 49.4 Å². The van der Waals surface area contributed by atoms with Crippen LogP contribution in [0.3, 0.4) is 0 Å². The lowest BCUT2D eigenvalue weighted by atomic mass is 9.81. The number of hydrogen-bond acceptors (Lipinski definition) is 0. The molecule has 9 aliphatic carbocycles. The quantitative estimate of drug-likeness (QED) is 0.0535. The molecule has 9 aliphatic rings. The highest BCUT2D eigenvalue weighted by molar-refractivity contribution is 5.05. The zero-order chi connectivity index (χ0) is 48.9. The third-order valence-electron chi connectivity index (χ3n) is 20.6. The highest BCUT2D eigenvalue weighted by Crippen LogP contribution is 2.52. The van der Waals surface area contributed by atoms with Crippen LogP contribution in [0.1, 0.15) is 238 Å². The summed E-state index contributed by atoms with van der Waals surface area (Å²) in [5.41, 5.74) is 0. The van der Waals surface area contributed by atoms with Crippen LogP contribution in [0.25, 0.3) is 0 Å². The molecule has 0 aromatic rings. The smallest absolute Gasteiger partial charge is 0.101 e. The van der Waals surface area contributed by atoms with Gasteiger partial charge in [-0.3, -0.25) is 0 Å². The predicted molar refractivity (Wildman–Crippen MR) is 270 cm³/mol. The van der Waals surface area contributed by atoms with E-state index < -0.39 is 49.4 Å². The molecule has 8 heteroatoms. The Balaban J connectivity index is 0.698. The topological polar surface area (TPSA) is 0 Å². The highest BCUT2D eigenvalue weighted by Gasteiger charge is 2.44. The fourth-order valence-electron chi connectivity index (χ4n) is 15.0. The van der Waals surface area contributed by atoms with Gasteiger partial charge in [0, 0.05) is 0 Å². The molecule has 0 N–H and O–H groups in total. The Hall–Kier alpha value is -0.560. The molecule has 9 rings (SSSR count). The molecule has 0 saturated heterocycles. The van der Waals surface area contributed by atoms with E-state index in [4.69, 9.17) is 0 Å². The maximum atomic E-state index is 16.2. The first-order valence-corrected chi connectivity index (χ1v) is 30.8. The molecular formula is C62H99F8. The summed E-state index contributed by atoms with van der Waals surface area (Å²) in [5.74, 6) is 5.57. The van der Waals surface area contributed by atoms with Gasteiger partial charge in [-0.25, -0.2) is 35.1 Å². The van der Waals surface area contributed by atoms with Gasteiger partial charge in [-0.2, -0.15) is 0 Å². The van der Waals surface area contributed by atoms with Gasteiger partial charge < -0.3 is 0 Å². The van der Waals surface area contributed by atoms with Crippen molar-refractivity contribution in [2.45, 2.75) is 287 Å². The Morgan fingerprint density at radius 1 is 0.271 bits per heavy atom. The minimum atomic E-state index is -1.10. The van der Waals surface area contributed by atoms with Gasteiger partial charge in [-0.05, 0) is 332 Å². The third kappa shape index (κ3) is 18.9. The lowest BCUT2D eigenvalue weighted by Crippen LogP contribution is -2.25. The Kier molecular flexibility index (Phi) is 19.8. The van der Waals surface area contributed by atoms with Gasteiger partial charge in [-0.1, -0.05) is 6.92 Å². The first-order chi connectivity index (χ1) is 33.8. The number of halogens is 8. The summed E-state index contributed by atoms with van der Waals surface area (Å²) in [7, 11) is 0. The van der Waals surface area contributed by atoms with Crippen molar-refractivity contribution in [2.24, 2.45) is 94.7 Å². The summed E-state index contributed by atoms with van der Waals surface area (Å²) in [6.45, 7) is 1.85. The molecule has 1 radical (unpaired) electrons. The van der Waals surface area contributed by atoms with Gasteiger partial charge in [0.05, 0.1) is 0 Å². The fourth-order valence-corrected chi connectivity index (χ4v) is 15.0. The maximum Gasteiger partial charge on any atom is 0.101 e. The van der Waals surface area contributed by atoms with Crippen molar-refractivity contribution in [2.75, 3.05) is 0 Å². The summed E-state index contributed by atoms with van der Waals surface area (Å²) in [4.78, 5) is 0. The van der Waals surface area contributed by atoms with Crippen LogP contribution in [0.2, 0.25) is 0 Å². The van der Waals surface area contributed by atoms with Crippen molar-refractivity contribution < 1.29 is 35.1 Å². The van der Waals surface area contributed by atoms with Crippen molar-refractivity contribution >= 4 is 0 Å². The Bertz CT molecular complexity index is 1510. The average molecular weight is 996 g/mol. The lowest BCUT2D eigenvalue weighted by Gasteiger charge is -2.28. The Morgan fingerprint density at radius 2 is 0.443 bits per heavy atom. The molecule has 16 atom stereocenters. The van der Waals surface area contributed by atoms with Gasteiger partial charge in [0.2, 0.25) is 0 Å². The van der Waals surface area contributed by atoms with Crippen molar-refractivity contribution in [1.82, 2.24) is 0 Å². The zero-order valence-corrected chi connectivity index (χ0v) is 43.8. The molecule has 70 heavy (non-hydrogen) atoms. The minimum Gasteiger partial charge on any atom is -0.247 e. The van der Waals surface area contributed by atoms with Crippen LogP contribution >= 0.6 is 0 Å². The van der Waals surface area contributed by atoms with E-state index >= 15 is 30.7 Å². The molecule has 403 valence electrons. The molecule has 16 unspecified atom stereocenters. The molecule has 9 fully saturated rings. The van der Waals surface area contributed by atoms with Crippen LogP contribution < -0.4 is 0 Å². The molecule has 0 aliphatic heterocycles. The Labute approximate surface area is 421 Å². The summed E-state index contributed by atoms with van der Waals surface area (Å²) in [6, 6.07) is 0. The van der Waals surface area contributed by atoms with E-state index in [1.807, 2.05) is 6.92 Å².